The Morgan fingerprint density at radius 2 is 0.578 bits per heavy atom. The molecule has 0 aliphatic heterocycles. The van der Waals surface area contributed by atoms with E-state index >= 15 is 9.59 Å². The predicted molar refractivity (Wildman–Crippen MR) is 252 cm³/mol. The van der Waals surface area contributed by atoms with Crippen molar-refractivity contribution in [3.05, 3.63) is 175 Å². The number of benzene rings is 8. The highest BCUT2D eigenvalue weighted by Crippen LogP contribution is 2.47. The Labute approximate surface area is 353 Å². The summed E-state index contributed by atoms with van der Waals surface area (Å²) in [7, 11) is 0. The zero-order chi connectivity index (χ0) is 42.0. The second-order valence-electron chi connectivity index (χ2n) is 16.8. The zero-order valence-corrected chi connectivity index (χ0v) is 32.9. The van der Waals surface area contributed by atoms with Gasteiger partial charge in [-0.15, -0.1) is 0 Å². The van der Waals surface area contributed by atoms with E-state index in [9.17, 15) is 9.59 Å². The summed E-state index contributed by atoms with van der Waals surface area (Å²) >= 11 is 0. The highest BCUT2D eigenvalue weighted by atomic mass is 16.1. The van der Waals surface area contributed by atoms with Crippen LogP contribution in [0.2, 0.25) is 0 Å². The van der Waals surface area contributed by atoms with E-state index in [0.29, 0.717) is 142 Å². The van der Waals surface area contributed by atoms with Crippen LogP contribution in [0.3, 0.4) is 0 Å². The first-order chi connectivity index (χ1) is 31.4. The van der Waals surface area contributed by atoms with Crippen LogP contribution in [0.4, 0.5) is 0 Å². The fraction of sp³-hybridized carbons (Fsp3) is 0. The van der Waals surface area contributed by atoms with E-state index in [1.165, 1.54) is 0 Å². The topological polar surface area (TPSA) is 137 Å². The molecule has 8 heterocycles. The normalized spacial score (nSPS) is 12.9. The van der Waals surface area contributed by atoms with Crippen molar-refractivity contribution < 1.29 is 0 Å². The summed E-state index contributed by atoms with van der Waals surface area (Å²) in [5.74, 6) is 0. The number of imidazole rings is 4. The molecule has 0 fully saturated rings. The second kappa shape index (κ2) is 10.6. The Hall–Kier alpha value is -9.16. The van der Waals surface area contributed by atoms with Gasteiger partial charge >= 0.3 is 0 Å². The molecule has 8 aromatic heterocycles. The van der Waals surface area contributed by atoms with Crippen molar-refractivity contribution in [3.8, 4) is 11.1 Å². The number of hydrogen-bond donors (Lipinski definition) is 0. The molecule has 12 nitrogen and oxygen atoms in total. The van der Waals surface area contributed by atoms with Gasteiger partial charge in [0, 0.05) is 64.6 Å². The molecule has 16 aromatic rings. The number of hydrogen-bond acceptors (Lipinski definition) is 8. The fourth-order valence-corrected chi connectivity index (χ4v) is 11.2. The molecule has 0 saturated heterocycles. The SMILES string of the molecule is O=c1c2cc(-c3cc4c(=O)n5c6ccccc6nc5c5ccc6c(=O)n7c8ccccc8nc7c3c6c45)c3c4c(ccc(c24)c2nc4ccccc4n12)c(=O)n1c2ccccc2nc31. The van der Waals surface area contributed by atoms with Gasteiger partial charge in [0.15, 0.2) is 0 Å². The predicted octanol–water partition coefficient (Wildman–Crippen LogP) is 8.67. The van der Waals surface area contributed by atoms with Crippen LogP contribution in [-0.2, 0) is 0 Å². The van der Waals surface area contributed by atoms with Crippen LogP contribution in [0.1, 0.15) is 0 Å². The minimum Gasteiger partial charge on any atom is -0.268 e. The van der Waals surface area contributed by atoms with E-state index in [-0.39, 0.29) is 22.2 Å². The molecule has 0 N–H and O–H groups in total. The zero-order valence-electron chi connectivity index (χ0n) is 32.9. The summed E-state index contributed by atoms with van der Waals surface area (Å²) < 4.78 is 6.58. The molecule has 294 valence electrons. The van der Waals surface area contributed by atoms with Gasteiger partial charge in [-0.2, -0.15) is 0 Å². The summed E-state index contributed by atoms with van der Waals surface area (Å²) in [6, 6.07) is 41.3. The molecule has 0 radical (unpaired) electrons. The molecule has 0 aliphatic carbocycles. The van der Waals surface area contributed by atoms with Crippen LogP contribution < -0.4 is 22.2 Å². The maximum Gasteiger partial charge on any atom is 0.264 e. The number of aromatic nitrogens is 8. The van der Waals surface area contributed by atoms with Crippen LogP contribution in [0.15, 0.2) is 153 Å². The van der Waals surface area contributed by atoms with Crippen molar-refractivity contribution in [1.82, 2.24) is 37.5 Å². The van der Waals surface area contributed by atoms with Gasteiger partial charge in [0.2, 0.25) is 0 Å². The lowest BCUT2D eigenvalue weighted by Gasteiger charge is -2.19. The molecule has 0 saturated carbocycles. The summed E-state index contributed by atoms with van der Waals surface area (Å²) in [6.45, 7) is 0. The molecular weight excluding hydrogens is 801 g/mol. The van der Waals surface area contributed by atoms with E-state index in [1.807, 2.05) is 133 Å². The third-order valence-electron chi connectivity index (χ3n) is 13.8. The average Bonchev–Trinajstić information content (AvgIpc) is 4.11. The fourth-order valence-electron chi connectivity index (χ4n) is 11.2. The van der Waals surface area contributed by atoms with Crippen LogP contribution in [0.5, 0.6) is 0 Å². The largest absolute Gasteiger partial charge is 0.268 e. The molecule has 0 aliphatic rings. The van der Waals surface area contributed by atoms with Crippen molar-refractivity contribution in [1.29, 1.82) is 0 Å². The first-order valence-electron chi connectivity index (χ1n) is 20.8. The maximum atomic E-state index is 15.3. The van der Waals surface area contributed by atoms with Gasteiger partial charge in [-0.05, 0) is 96.1 Å². The minimum atomic E-state index is -0.306. The summed E-state index contributed by atoms with van der Waals surface area (Å²) in [6.07, 6.45) is 0. The molecule has 64 heavy (non-hydrogen) atoms. The lowest BCUT2D eigenvalue weighted by atomic mass is 9.86. The van der Waals surface area contributed by atoms with Crippen LogP contribution >= 0.6 is 0 Å². The molecule has 0 spiro atoms. The van der Waals surface area contributed by atoms with E-state index in [0.717, 1.165) is 0 Å². The molecule has 0 unspecified atom stereocenters. The Balaban J connectivity index is 1.24. The van der Waals surface area contributed by atoms with Crippen molar-refractivity contribution >= 4 is 131 Å². The van der Waals surface area contributed by atoms with E-state index in [2.05, 4.69) is 0 Å². The lowest BCUT2D eigenvalue weighted by molar-refractivity contribution is 1.18. The monoisotopic (exact) mass is 822 g/mol. The number of fused-ring (bicyclic) bond motifs is 16. The molecule has 16 rings (SSSR count). The maximum absolute atomic E-state index is 15.3. The number of para-hydroxylation sites is 8. The van der Waals surface area contributed by atoms with Crippen molar-refractivity contribution in [2.24, 2.45) is 0 Å². The first kappa shape index (κ1) is 32.6. The quantitative estimate of drug-likeness (QED) is 0.150. The van der Waals surface area contributed by atoms with Gasteiger partial charge in [0.1, 0.15) is 22.6 Å². The molecule has 0 amide bonds. The first-order valence-corrected chi connectivity index (χ1v) is 20.8. The number of rotatable bonds is 1. The van der Waals surface area contributed by atoms with E-state index in [1.54, 1.807) is 17.6 Å². The summed E-state index contributed by atoms with van der Waals surface area (Å²) in [5.41, 5.74) is 6.86. The van der Waals surface area contributed by atoms with Gasteiger partial charge in [-0.3, -0.25) is 36.8 Å². The molecule has 8 aromatic carbocycles. The lowest BCUT2D eigenvalue weighted by Crippen LogP contribution is -2.18. The van der Waals surface area contributed by atoms with Crippen molar-refractivity contribution in [2.75, 3.05) is 0 Å². The van der Waals surface area contributed by atoms with E-state index < -0.39 is 0 Å². The smallest absolute Gasteiger partial charge is 0.264 e. The van der Waals surface area contributed by atoms with Gasteiger partial charge in [0.05, 0.1) is 44.1 Å². The van der Waals surface area contributed by atoms with Gasteiger partial charge in [-0.25, -0.2) is 19.9 Å². The van der Waals surface area contributed by atoms with Crippen molar-refractivity contribution in [2.45, 2.75) is 0 Å². The molecule has 12 heteroatoms. The van der Waals surface area contributed by atoms with Crippen LogP contribution in [0, 0.1) is 0 Å². The van der Waals surface area contributed by atoms with Crippen LogP contribution in [-0.4, -0.2) is 37.5 Å². The molecule has 0 bridgehead atoms. The van der Waals surface area contributed by atoms with E-state index in [4.69, 9.17) is 19.9 Å². The second-order valence-corrected chi connectivity index (χ2v) is 16.8. The van der Waals surface area contributed by atoms with Gasteiger partial charge < -0.3 is 0 Å². The number of nitrogens with zero attached hydrogens (tertiary/aromatic N) is 8. The molecule has 0 atom stereocenters. The Morgan fingerprint density at radius 3 is 0.953 bits per heavy atom. The third kappa shape index (κ3) is 3.52. The Morgan fingerprint density at radius 1 is 0.281 bits per heavy atom. The van der Waals surface area contributed by atoms with Crippen molar-refractivity contribution in [3.63, 3.8) is 0 Å². The Kier molecular flexibility index (Phi) is 5.42. The minimum absolute atomic E-state index is 0.277. The highest BCUT2D eigenvalue weighted by molar-refractivity contribution is 6.35. The third-order valence-corrected chi connectivity index (χ3v) is 13.8. The van der Waals surface area contributed by atoms with Gasteiger partial charge in [0.25, 0.3) is 22.2 Å². The standard InChI is InChI=1S/C52H22N8O4/c61-49-25-19-17-23-39-29(51(63)57-35-13-5-1-9-31(35)53-45(23)57)21-27(43(41(25)39)47-55-33-11-3-7-15-37(33)59(47)49)28-22-30-40-24(46-54-32-10-2-6-14-36(32)58(46)52(30)64)18-20-26-42(40)44(28)48-56-34-12-4-8-16-38(34)60(48)50(26)62/h1-22H. The average molecular weight is 823 g/mol. The summed E-state index contributed by atoms with van der Waals surface area (Å²) in [4.78, 5) is 80.8. The summed E-state index contributed by atoms with van der Waals surface area (Å²) in [5, 5.41) is 6.49. The van der Waals surface area contributed by atoms with Crippen LogP contribution in [0.25, 0.3) is 142 Å². The number of pyridine rings is 4. The van der Waals surface area contributed by atoms with Gasteiger partial charge in [-0.1, -0.05) is 48.5 Å². The Bertz CT molecular complexity index is 4800. The highest BCUT2D eigenvalue weighted by Gasteiger charge is 2.30. The molecular formula is C52H22N8O4.